The lowest BCUT2D eigenvalue weighted by molar-refractivity contribution is 0.475. The van der Waals surface area contributed by atoms with Gasteiger partial charge in [0.1, 0.15) is 17.4 Å². The molecule has 0 fully saturated rings. The highest BCUT2D eigenvalue weighted by atomic mass is 16.3. The van der Waals surface area contributed by atoms with Crippen LogP contribution in [0.3, 0.4) is 0 Å². The normalized spacial score (nSPS) is 12.8. The molecule has 0 bridgehead atoms. The topological polar surface area (TPSA) is 51.2 Å². The number of hydrogen-bond donors (Lipinski definition) is 2. The van der Waals surface area contributed by atoms with Gasteiger partial charge in [-0.3, -0.25) is 5.84 Å². The molecule has 0 saturated carbocycles. The average Bonchev–Trinajstić information content (AvgIpc) is 2.85. The Hall–Kier alpha value is -2.10. The van der Waals surface area contributed by atoms with E-state index in [0.29, 0.717) is 0 Å². The molecule has 108 valence electrons. The van der Waals surface area contributed by atoms with E-state index in [0.717, 1.165) is 16.7 Å². The lowest BCUT2D eigenvalue weighted by atomic mass is 9.93. The summed E-state index contributed by atoms with van der Waals surface area (Å²) in [7, 11) is 0. The Labute approximate surface area is 124 Å². The maximum absolute atomic E-state index is 5.97. The van der Waals surface area contributed by atoms with Crippen LogP contribution in [0.1, 0.15) is 34.1 Å². The number of hydrazine groups is 1. The highest BCUT2D eigenvalue weighted by Crippen LogP contribution is 2.31. The van der Waals surface area contributed by atoms with Crippen LogP contribution in [0.4, 0.5) is 0 Å². The van der Waals surface area contributed by atoms with E-state index in [1.54, 1.807) is 0 Å². The Morgan fingerprint density at radius 2 is 1.67 bits per heavy atom. The second-order valence-corrected chi connectivity index (χ2v) is 5.60. The molecule has 1 atom stereocenters. The summed E-state index contributed by atoms with van der Waals surface area (Å²) in [6.45, 7) is 6.33. The molecule has 3 nitrogen and oxygen atoms in total. The van der Waals surface area contributed by atoms with Crippen molar-refractivity contribution in [1.82, 2.24) is 5.43 Å². The molecule has 1 heterocycles. The second kappa shape index (κ2) is 5.35. The van der Waals surface area contributed by atoms with Crippen molar-refractivity contribution in [3.8, 4) is 0 Å². The third-order valence-corrected chi connectivity index (χ3v) is 3.92. The number of rotatable bonds is 3. The molecule has 0 saturated heterocycles. The van der Waals surface area contributed by atoms with Gasteiger partial charge in [-0.05, 0) is 49.6 Å². The van der Waals surface area contributed by atoms with Crippen molar-refractivity contribution in [3.63, 3.8) is 0 Å². The minimum absolute atomic E-state index is 0.141. The fourth-order valence-corrected chi connectivity index (χ4v) is 3.10. The van der Waals surface area contributed by atoms with Gasteiger partial charge in [0.15, 0.2) is 0 Å². The maximum atomic E-state index is 5.97. The molecule has 1 unspecified atom stereocenters. The SMILES string of the molecule is Cc1cc(C)c(C(NN)c2cc3ccccc3o2)c(C)c1. The Kier molecular flexibility index (Phi) is 3.53. The summed E-state index contributed by atoms with van der Waals surface area (Å²) in [5.41, 5.74) is 8.67. The minimum atomic E-state index is -0.141. The lowest BCUT2D eigenvalue weighted by Crippen LogP contribution is -2.29. The van der Waals surface area contributed by atoms with Crippen molar-refractivity contribution >= 4 is 11.0 Å². The number of nitrogens with one attached hydrogen (secondary N) is 1. The Morgan fingerprint density at radius 1 is 1.00 bits per heavy atom. The molecule has 2 aromatic carbocycles. The number of fused-ring (bicyclic) bond motifs is 1. The van der Waals surface area contributed by atoms with Gasteiger partial charge < -0.3 is 4.42 Å². The number of aryl methyl sites for hydroxylation is 3. The van der Waals surface area contributed by atoms with Gasteiger partial charge in [0.05, 0.1) is 0 Å². The molecule has 0 spiro atoms. The summed E-state index contributed by atoms with van der Waals surface area (Å²) in [6, 6.07) is 14.3. The second-order valence-electron chi connectivity index (χ2n) is 5.60. The van der Waals surface area contributed by atoms with Crippen molar-refractivity contribution in [2.75, 3.05) is 0 Å². The molecular weight excluding hydrogens is 260 g/mol. The van der Waals surface area contributed by atoms with Gasteiger partial charge in [-0.2, -0.15) is 0 Å². The van der Waals surface area contributed by atoms with Crippen LogP contribution in [0, 0.1) is 20.8 Å². The van der Waals surface area contributed by atoms with Gasteiger partial charge in [0, 0.05) is 5.39 Å². The molecule has 3 rings (SSSR count). The van der Waals surface area contributed by atoms with Crippen LogP contribution in [-0.2, 0) is 0 Å². The molecule has 0 aliphatic rings. The first kappa shape index (κ1) is 13.9. The molecule has 3 aromatic rings. The van der Waals surface area contributed by atoms with E-state index in [9.17, 15) is 0 Å². The highest BCUT2D eigenvalue weighted by molar-refractivity contribution is 5.78. The summed E-state index contributed by atoms with van der Waals surface area (Å²) in [5.74, 6) is 6.67. The van der Waals surface area contributed by atoms with Crippen LogP contribution in [0.25, 0.3) is 11.0 Å². The van der Waals surface area contributed by atoms with Crippen molar-refractivity contribution in [3.05, 3.63) is 70.5 Å². The molecule has 0 radical (unpaired) electrons. The van der Waals surface area contributed by atoms with Gasteiger partial charge in [0.25, 0.3) is 0 Å². The van der Waals surface area contributed by atoms with Gasteiger partial charge in [-0.25, -0.2) is 5.43 Å². The zero-order valence-electron chi connectivity index (χ0n) is 12.6. The third-order valence-electron chi connectivity index (χ3n) is 3.92. The first-order chi connectivity index (χ1) is 10.1. The maximum Gasteiger partial charge on any atom is 0.134 e. The van der Waals surface area contributed by atoms with E-state index < -0.39 is 0 Å². The quantitative estimate of drug-likeness (QED) is 0.565. The molecule has 0 aliphatic carbocycles. The van der Waals surface area contributed by atoms with Crippen LogP contribution in [0.5, 0.6) is 0 Å². The van der Waals surface area contributed by atoms with Gasteiger partial charge in [-0.1, -0.05) is 35.9 Å². The van der Waals surface area contributed by atoms with Crippen LogP contribution in [0.2, 0.25) is 0 Å². The van der Waals surface area contributed by atoms with Crippen LogP contribution in [-0.4, -0.2) is 0 Å². The molecular formula is C18H20N2O. The van der Waals surface area contributed by atoms with Gasteiger partial charge >= 0.3 is 0 Å². The zero-order valence-corrected chi connectivity index (χ0v) is 12.6. The smallest absolute Gasteiger partial charge is 0.134 e. The molecule has 0 aliphatic heterocycles. The van der Waals surface area contributed by atoms with E-state index in [2.05, 4.69) is 44.4 Å². The van der Waals surface area contributed by atoms with Gasteiger partial charge in [0.2, 0.25) is 0 Å². The Balaban J connectivity index is 2.14. The summed E-state index contributed by atoms with van der Waals surface area (Å²) in [5, 5.41) is 1.09. The monoisotopic (exact) mass is 280 g/mol. The van der Waals surface area contributed by atoms with Crippen molar-refractivity contribution in [2.45, 2.75) is 26.8 Å². The van der Waals surface area contributed by atoms with E-state index in [1.165, 1.54) is 22.3 Å². The van der Waals surface area contributed by atoms with Crippen molar-refractivity contribution in [2.24, 2.45) is 5.84 Å². The molecule has 0 amide bonds. The zero-order chi connectivity index (χ0) is 15.0. The summed E-state index contributed by atoms with van der Waals surface area (Å²) in [6.07, 6.45) is 0. The number of hydrogen-bond acceptors (Lipinski definition) is 3. The van der Waals surface area contributed by atoms with E-state index in [1.807, 2.05) is 24.3 Å². The minimum Gasteiger partial charge on any atom is -0.459 e. The molecule has 3 N–H and O–H groups in total. The largest absolute Gasteiger partial charge is 0.459 e. The number of furan rings is 1. The highest BCUT2D eigenvalue weighted by Gasteiger charge is 2.21. The average molecular weight is 280 g/mol. The summed E-state index contributed by atoms with van der Waals surface area (Å²) < 4.78 is 5.97. The fourth-order valence-electron chi connectivity index (χ4n) is 3.10. The fraction of sp³-hybridized carbons (Fsp3) is 0.222. The van der Waals surface area contributed by atoms with Crippen molar-refractivity contribution < 1.29 is 4.42 Å². The van der Waals surface area contributed by atoms with Crippen LogP contribution >= 0.6 is 0 Å². The van der Waals surface area contributed by atoms with Crippen LogP contribution in [0.15, 0.2) is 46.9 Å². The Morgan fingerprint density at radius 3 is 2.29 bits per heavy atom. The van der Waals surface area contributed by atoms with E-state index >= 15 is 0 Å². The molecule has 21 heavy (non-hydrogen) atoms. The lowest BCUT2D eigenvalue weighted by Gasteiger charge is -2.19. The van der Waals surface area contributed by atoms with E-state index in [-0.39, 0.29) is 6.04 Å². The molecule has 1 aromatic heterocycles. The van der Waals surface area contributed by atoms with Crippen LogP contribution < -0.4 is 11.3 Å². The first-order valence-electron chi connectivity index (χ1n) is 7.12. The predicted octanol–water partition coefficient (Wildman–Crippen LogP) is 3.91. The third kappa shape index (κ3) is 2.46. The first-order valence-corrected chi connectivity index (χ1v) is 7.12. The predicted molar refractivity (Wildman–Crippen MR) is 86.0 cm³/mol. The molecule has 3 heteroatoms. The number of benzene rings is 2. The standard InChI is InChI=1S/C18H20N2O/c1-11-8-12(2)17(13(3)9-11)18(20-19)16-10-14-6-4-5-7-15(14)21-16/h4-10,18,20H,19H2,1-3H3. The number of nitrogens with two attached hydrogens (primary N) is 1. The summed E-state index contributed by atoms with van der Waals surface area (Å²) >= 11 is 0. The Bertz CT molecular complexity index is 733. The van der Waals surface area contributed by atoms with Gasteiger partial charge in [-0.15, -0.1) is 0 Å². The number of para-hydroxylation sites is 1. The summed E-state index contributed by atoms with van der Waals surface area (Å²) in [4.78, 5) is 0. The van der Waals surface area contributed by atoms with E-state index in [4.69, 9.17) is 10.3 Å². The van der Waals surface area contributed by atoms with Crippen molar-refractivity contribution in [1.29, 1.82) is 0 Å².